The van der Waals surface area contributed by atoms with Gasteiger partial charge in [0.15, 0.2) is 11.2 Å². The van der Waals surface area contributed by atoms with Crippen molar-refractivity contribution < 1.29 is 19.7 Å². The highest BCUT2D eigenvalue weighted by molar-refractivity contribution is 5.59. The van der Waals surface area contributed by atoms with Crippen LogP contribution in [-0.4, -0.2) is 53.4 Å². The lowest BCUT2D eigenvalue weighted by Crippen LogP contribution is -2.52. The van der Waals surface area contributed by atoms with Gasteiger partial charge in [0.05, 0.1) is 42.8 Å². The molecule has 2 aliphatic rings. The summed E-state index contributed by atoms with van der Waals surface area (Å²) in [5.41, 5.74) is -0.688. The van der Waals surface area contributed by atoms with E-state index in [1.807, 2.05) is 49.5 Å². The van der Waals surface area contributed by atoms with Gasteiger partial charge in [0.1, 0.15) is 11.5 Å². The van der Waals surface area contributed by atoms with E-state index < -0.39 is 23.2 Å². The summed E-state index contributed by atoms with van der Waals surface area (Å²) in [4.78, 5) is 6.38. The van der Waals surface area contributed by atoms with Crippen molar-refractivity contribution in [2.75, 3.05) is 27.2 Å². The van der Waals surface area contributed by atoms with Crippen LogP contribution in [0.4, 0.5) is 0 Å². The number of aliphatic hydroxyl groups is 2. The molecule has 0 saturated heterocycles. The second-order valence-electron chi connectivity index (χ2n) is 9.36. The van der Waals surface area contributed by atoms with E-state index >= 15 is 0 Å². The lowest BCUT2D eigenvalue weighted by molar-refractivity contribution is -0.152. The topological polar surface area (TPSA) is 98.8 Å². The van der Waals surface area contributed by atoms with E-state index in [2.05, 4.69) is 22.9 Å². The summed E-state index contributed by atoms with van der Waals surface area (Å²) in [6.45, 7) is 3.40. The zero-order chi connectivity index (χ0) is 24.8. The minimum atomic E-state index is -1.83. The molecule has 0 bridgehead atoms. The van der Waals surface area contributed by atoms with Crippen LogP contribution in [0.25, 0.3) is 0 Å². The third-order valence-corrected chi connectivity index (χ3v) is 7.68. The quantitative estimate of drug-likeness (QED) is 0.570. The van der Waals surface area contributed by atoms with E-state index in [9.17, 15) is 15.5 Å². The van der Waals surface area contributed by atoms with Crippen LogP contribution in [0.5, 0.6) is 11.5 Å². The molecule has 1 aliphatic carbocycles. The molecule has 0 amide bonds. The van der Waals surface area contributed by atoms with Crippen LogP contribution in [0.2, 0.25) is 0 Å². The number of aromatic nitrogens is 1. The predicted molar refractivity (Wildman–Crippen MR) is 130 cm³/mol. The Balaban J connectivity index is 1.84. The van der Waals surface area contributed by atoms with Gasteiger partial charge in [-0.15, -0.1) is 0 Å². The summed E-state index contributed by atoms with van der Waals surface area (Å²) in [6, 6.07) is 19.1. The summed E-state index contributed by atoms with van der Waals surface area (Å²) in [7, 11) is 3.52. The van der Waals surface area contributed by atoms with E-state index in [0.717, 1.165) is 12.1 Å². The zero-order valence-electron chi connectivity index (χ0n) is 20.0. The molecule has 2 N–H and O–H groups in total. The predicted octanol–water partition coefficient (Wildman–Crippen LogP) is 3.16. The first-order chi connectivity index (χ1) is 16.9. The molecule has 3 aromatic rings. The number of methoxy groups -OCH3 is 1. The minimum Gasteiger partial charge on any atom is -0.495 e. The number of hydrogen-bond donors (Lipinski definition) is 2. The van der Waals surface area contributed by atoms with Crippen LogP contribution in [0.3, 0.4) is 0 Å². The number of benzene rings is 2. The fourth-order valence-electron chi connectivity index (χ4n) is 6.02. The van der Waals surface area contributed by atoms with Gasteiger partial charge in [-0.3, -0.25) is 4.98 Å². The smallest absolute Gasteiger partial charge is 0.177 e. The Morgan fingerprint density at radius 1 is 1.14 bits per heavy atom. The fourth-order valence-corrected chi connectivity index (χ4v) is 6.02. The van der Waals surface area contributed by atoms with Gasteiger partial charge in [-0.1, -0.05) is 49.4 Å². The maximum absolute atomic E-state index is 12.7. The van der Waals surface area contributed by atoms with Crippen molar-refractivity contribution in [1.29, 1.82) is 5.26 Å². The van der Waals surface area contributed by atoms with Crippen molar-refractivity contribution in [3.8, 4) is 17.6 Å². The van der Waals surface area contributed by atoms with E-state index in [0.29, 0.717) is 34.7 Å². The normalized spacial score (nSPS) is 28.8. The van der Waals surface area contributed by atoms with Crippen molar-refractivity contribution in [3.63, 3.8) is 0 Å². The number of rotatable bonds is 6. The Morgan fingerprint density at radius 3 is 2.49 bits per heavy atom. The molecule has 7 heteroatoms. The highest BCUT2D eigenvalue weighted by Crippen LogP contribution is 2.69. The standard InChI is InChI=1S/C28H29N3O4/c1-4-31(2)17-21-24(19-8-6-5-7-9-19)28(20-12-10-18(14-29)11-13-20)27(33,26(21)32)25-22(34-3)15-30-16-23(25)35-28/h5-13,15-16,21,24,26,32-33H,4,17H2,1-3H3/t21-,24?,26+,27?,28?/m0/s1. The molecule has 1 saturated carbocycles. The Kier molecular flexibility index (Phi) is 5.76. The SMILES string of the molecule is CCN(C)C[C@H]1C(c2ccccc2)C2(c3ccc(C#N)cc3)Oc3cncc(OC)c3C2(O)[C@@H]1O. The molecule has 0 radical (unpaired) electrons. The molecule has 1 fully saturated rings. The molecule has 3 unspecified atom stereocenters. The molecule has 1 aromatic heterocycles. The van der Waals surface area contributed by atoms with Gasteiger partial charge >= 0.3 is 0 Å². The van der Waals surface area contributed by atoms with Gasteiger partial charge in [0.25, 0.3) is 0 Å². The molecule has 1 aliphatic heterocycles. The number of nitrogens with zero attached hydrogens (tertiary/aromatic N) is 3. The molecular weight excluding hydrogens is 442 g/mol. The summed E-state index contributed by atoms with van der Waals surface area (Å²) < 4.78 is 12.4. The molecule has 2 heterocycles. The Labute approximate surface area is 205 Å². The average Bonchev–Trinajstić information content (AvgIpc) is 3.27. The number of ether oxygens (including phenoxy) is 2. The summed E-state index contributed by atoms with van der Waals surface area (Å²) in [5, 5.41) is 34.1. The van der Waals surface area contributed by atoms with Crippen molar-refractivity contribution >= 4 is 0 Å². The summed E-state index contributed by atoms with van der Waals surface area (Å²) in [5.74, 6) is -0.0499. The van der Waals surface area contributed by atoms with Crippen molar-refractivity contribution in [2.45, 2.75) is 30.1 Å². The number of fused-ring (bicyclic) bond motifs is 3. The number of nitriles is 1. The van der Waals surface area contributed by atoms with Crippen molar-refractivity contribution in [2.24, 2.45) is 5.92 Å². The van der Waals surface area contributed by atoms with E-state index in [4.69, 9.17) is 9.47 Å². The van der Waals surface area contributed by atoms with Crippen LogP contribution in [-0.2, 0) is 11.2 Å². The van der Waals surface area contributed by atoms with Crippen molar-refractivity contribution in [1.82, 2.24) is 9.88 Å². The third-order valence-electron chi connectivity index (χ3n) is 7.68. The maximum Gasteiger partial charge on any atom is 0.177 e. The molecule has 2 aromatic carbocycles. The number of hydrogen-bond acceptors (Lipinski definition) is 7. The van der Waals surface area contributed by atoms with Crippen LogP contribution in [0, 0.1) is 17.2 Å². The molecule has 180 valence electrons. The third kappa shape index (κ3) is 3.18. The van der Waals surface area contributed by atoms with Gasteiger partial charge in [-0.2, -0.15) is 5.26 Å². The second kappa shape index (κ2) is 8.65. The Hall–Kier alpha value is -3.44. The summed E-state index contributed by atoms with van der Waals surface area (Å²) in [6.07, 6.45) is 1.92. The second-order valence-corrected chi connectivity index (χ2v) is 9.36. The highest BCUT2D eigenvalue weighted by atomic mass is 16.5. The summed E-state index contributed by atoms with van der Waals surface area (Å²) >= 11 is 0. The van der Waals surface area contributed by atoms with Gasteiger partial charge in [0, 0.05) is 18.4 Å². The van der Waals surface area contributed by atoms with Gasteiger partial charge in [0.2, 0.25) is 0 Å². The Morgan fingerprint density at radius 2 is 1.86 bits per heavy atom. The van der Waals surface area contributed by atoms with Gasteiger partial charge < -0.3 is 24.6 Å². The van der Waals surface area contributed by atoms with Gasteiger partial charge in [-0.05, 0) is 36.9 Å². The minimum absolute atomic E-state index is 0.357. The van der Waals surface area contributed by atoms with Crippen LogP contribution < -0.4 is 9.47 Å². The van der Waals surface area contributed by atoms with Gasteiger partial charge in [-0.25, -0.2) is 0 Å². The van der Waals surface area contributed by atoms with E-state index in [-0.39, 0.29) is 5.92 Å². The molecule has 5 atom stereocenters. The lowest BCUT2D eigenvalue weighted by atomic mass is 9.70. The molecule has 5 rings (SSSR count). The molecule has 35 heavy (non-hydrogen) atoms. The monoisotopic (exact) mass is 471 g/mol. The molecule has 7 nitrogen and oxygen atoms in total. The van der Waals surface area contributed by atoms with Crippen LogP contribution >= 0.6 is 0 Å². The number of aliphatic hydroxyl groups excluding tert-OH is 1. The number of pyridine rings is 1. The first-order valence-corrected chi connectivity index (χ1v) is 11.8. The Bertz CT molecular complexity index is 1260. The van der Waals surface area contributed by atoms with Crippen LogP contribution in [0.15, 0.2) is 67.0 Å². The average molecular weight is 472 g/mol. The molecule has 0 spiro atoms. The first kappa shape index (κ1) is 23.3. The zero-order valence-corrected chi connectivity index (χ0v) is 20.0. The largest absolute Gasteiger partial charge is 0.495 e. The van der Waals surface area contributed by atoms with E-state index in [1.54, 1.807) is 18.3 Å². The van der Waals surface area contributed by atoms with Crippen molar-refractivity contribution in [3.05, 3.63) is 89.2 Å². The fraction of sp³-hybridized carbons (Fsp3) is 0.357. The maximum atomic E-state index is 12.7. The lowest BCUT2D eigenvalue weighted by Gasteiger charge is -2.41. The van der Waals surface area contributed by atoms with E-state index in [1.165, 1.54) is 13.3 Å². The first-order valence-electron chi connectivity index (χ1n) is 11.8. The highest BCUT2D eigenvalue weighted by Gasteiger charge is 2.76. The van der Waals surface area contributed by atoms with Crippen LogP contribution in [0.1, 0.15) is 35.1 Å². The molecular formula is C28H29N3O4.